The summed E-state index contributed by atoms with van der Waals surface area (Å²) in [6.45, 7) is 6.35. The zero-order valence-electron chi connectivity index (χ0n) is 21.2. The van der Waals surface area contributed by atoms with Gasteiger partial charge in [0, 0.05) is 61.8 Å². The summed E-state index contributed by atoms with van der Waals surface area (Å²) >= 11 is 0. The number of piperidine rings is 1. The van der Waals surface area contributed by atoms with E-state index in [9.17, 15) is 0 Å². The van der Waals surface area contributed by atoms with Gasteiger partial charge in [-0.3, -0.25) is 0 Å². The van der Waals surface area contributed by atoms with Gasteiger partial charge in [-0.2, -0.15) is 0 Å². The summed E-state index contributed by atoms with van der Waals surface area (Å²) in [5.74, 6) is 0. The molecule has 2 aliphatic rings. The van der Waals surface area contributed by atoms with Crippen LogP contribution in [0.2, 0.25) is 0 Å². The van der Waals surface area contributed by atoms with Crippen LogP contribution in [-0.4, -0.2) is 75.7 Å². The number of anilines is 1. The number of aromatic amines is 1. The van der Waals surface area contributed by atoms with Gasteiger partial charge >= 0.3 is 0 Å². The number of piperazine rings is 1. The number of benzene rings is 2. The second kappa shape index (κ2) is 9.28. The van der Waals surface area contributed by atoms with Gasteiger partial charge in [-0.15, -0.1) is 0 Å². The Balaban J connectivity index is 1.25. The molecule has 188 valence electrons. The van der Waals surface area contributed by atoms with Crippen molar-refractivity contribution in [2.24, 2.45) is 0 Å². The molecule has 1 atom stereocenters. The summed E-state index contributed by atoms with van der Waals surface area (Å²) in [6, 6.07) is 15.7. The molecule has 1 unspecified atom stereocenters. The monoisotopic (exact) mass is 492 g/mol. The van der Waals surface area contributed by atoms with E-state index in [0.717, 1.165) is 78.3 Å². The average molecular weight is 493 g/mol. The molecule has 0 saturated carbocycles. The predicted molar refractivity (Wildman–Crippen MR) is 149 cm³/mol. The molecule has 2 fully saturated rings. The number of fused-ring (bicyclic) bond motifs is 2. The van der Waals surface area contributed by atoms with Crippen molar-refractivity contribution in [3.8, 4) is 22.4 Å². The topological polar surface area (TPSA) is 77.9 Å². The standard InChI is InChI=1S/C29H32N8/c1-35-10-12-36(13-11-35)22-5-2-4-21(14-22)26-18-32-29-28(34-26)24(17-31-29)20-7-8-25-27(15-20)37(19-33-25)23-6-3-9-30-16-23/h2,4-5,7-8,14-15,17-19,23,30H,3,6,9-13,16H2,1H3,(H,31,32). The SMILES string of the molecule is CN1CCN(c2cccc(-c3cnc4[nH]cc(-c5ccc6ncn(C7CCCNC7)c6c5)c4n3)c2)CC1. The van der Waals surface area contributed by atoms with Crippen LogP contribution in [-0.2, 0) is 0 Å². The molecule has 0 amide bonds. The van der Waals surface area contributed by atoms with Crippen LogP contribution in [0.4, 0.5) is 5.69 Å². The number of H-pyrrole nitrogens is 1. The van der Waals surface area contributed by atoms with Crippen molar-refractivity contribution < 1.29 is 0 Å². The number of rotatable bonds is 4. The number of imidazole rings is 1. The zero-order chi connectivity index (χ0) is 24.8. The third-order valence-electron chi connectivity index (χ3n) is 7.94. The van der Waals surface area contributed by atoms with Crippen LogP contribution in [0.1, 0.15) is 18.9 Å². The summed E-state index contributed by atoms with van der Waals surface area (Å²) in [7, 11) is 2.19. The number of hydrogen-bond acceptors (Lipinski definition) is 6. The number of aromatic nitrogens is 5. The maximum atomic E-state index is 5.11. The minimum absolute atomic E-state index is 0.441. The summed E-state index contributed by atoms with van der Waals surface area (Å²) in [5.41, 5.74) is 9.33. The molecule has 0 radical (unpaired) electrons. The van der Waals surface area contributed by atoms with E-state index in [1.165, 1.54) is 24.0 Å². The summed E-state index contributed by atoms with van der Waals surface area (Å²) in [5, 5.41) is 3.53. The van der Waals surface area contributed by atoms with E-state index in [2.05, 4.69) is 79.2 Å². The maximum absolute atomic E-state index is 5.11. The Kier molecular flexibility index (Phi) is 5.63. The molecular formula is C29H32N8. The van der Waals surface area contributed by atoms with Gasteiger partial charge in [0.25, 0.3) is 0 Å². The largest absolute Gasteiger partial charge is 0.369 e. The van der Waals surface area contributed by atoms with Crippen LogP contribution < -0.4 is 10.2 Å². The van der Waals surface area contributed by atoms with E-state index in [0.29, 0.717) is 6.04 Å². The first-order valence-corrected chi connectivity index (χ1v) is 13.3. The highest BCUT2D eigenvalue weighted by atomic mass is 15.2. The molecule has 0 spiro atoms. The van der Waals surface area contributed by atoms with E-state index < -0.39 is 0 Å². The van der Waals surface area contributed by atoms with Crippen LogP contribution >= 0.6 is 0 Å². The molecule has 7 rings (SSSR count). The Labute approximate surface area is 216 Å². The molecule has 2 N–H and O–H groups in total. The lowest BCUT2D eigenvalue weighted by molar-refractivity contribution is 0.313. The fourth-order valence-corrected chi connectivity index (χ4v) is 5.73. The maximum Gasteiger partial charge on any atom is 0.156 e. The first-order chi connectivity index (χ1) is 18.2. The lowest BCUT2D eigenvalue weighted by Crippen LogP contribution is -2.44. The van der Waals surface area contributed by atoms with Crippen molar-refractivity contribution in [3.63, 3.8) is 0 Å². The molecule has 2 aliphatic heterocycles. The average Bonchev–Trinajstić information content (AvgIpc) is 3.57. The van der Waals surface area contributed by atoms with E-state index in [1.54, 1.807) is 0 Å². The highest BCUT2D eigenvalue weighted by Gasteiger charge is 2.19. The predicted octanol–water partition coefficient (Wildman–Crippen LogP) is 4.32. The highest BCUT2D eigenvalue weighted by molar-refractivity contribution is 5.94. The van der Waals surface area contributed by atoms with Crippen LogP contribution in [0.15, 0.2) is 61.2 Å². The molecule has 2 aromatic carbocycles. The Hall–Kier alpha value is -3.75. The molecule has 3 aromatic heterocycles. The van der Waals surface area contributed by atoms with Gasteiger partial charge in [0.05, 0.1) is 29.3 Å². The fourth-order valence-electron chi connectivity index (χ4n) is 5.73. The van der Waals surface area contributed by atoms with Crippen LogP contribution in [0.25, 0.3) is 44.6 Å². The van der Waals surface area contributed by atoms with Crippen LogP contribution in [0.3, 0.4) is 0 Å². The van der Waals surface area contributed by atoms with E-state index in [-0.39, 0.29) is 0 Å². The van der Waals surface area contributed by atoms with Gasteiger partial charge in [-0.1, -0.05) is 18.2 Å². The van der Waals surface area contributed by atoms with Crippen molar-refractivity contribution in [3.05, 3.63) is 61.2 Å². The lowest BCUT2D eigenvalue weighted by atomic mass is 10.1. The van der Waals surface area contributed by atoms with Gasteiger partial charge in [0.1, 0.15) is 5.52 Å². The third kappa shape index (κ3) is 4.16. The summed E-state index contributed by atoms with van der Waals surface area (Å²) in [6.07, 6.45) is 8.27. The highest BCUT2D eigenvalue weighted by Crippen LogP contribution is 2.32. The van der Waals surface area contributed by atoms with E-state index in [4.69, 9.17) is 9.97 Å². The lowest BCUT2D eigenvalue weighted by Gasteiger charge is -2.34. The molecule has 8 nitrogen and oxygen atoms in total. The van der Waals surface area contributed by atoms with Crippen molar-refractivity contribution in [2.45, 2.75) is 18.9 Å². The molecule has 8 heteroatoms. The molecule has 5 aromatic rings. The number of nitrogens with zero attached hydrogens (tertiary/aromatic N) is 6. The summed E-state index contributed by atoms with van der Waals surface area (Å²) < 4.78 is 2.33. The molecular weight excluding hydrogens is 460 g/mol. The van der Waals surface area contributed by atoms with Crippen molar-refractivity contribution in [2.75, 3.05) is 51.2 Å². The minimum Gasteiger partial charge on any atom is -0.369 e. The number of likely N-dealkylation sites (N-methyl/N-ethyl adjacent to an activating group) is 1. The molecule has 5 heterocycles. The van der Waals surface area contributed by atoms with E-state index in [1.807, 2.05) is 18.7 Å². The van der Waals surface area contributed by atoms with Gasteiger partial charge in [0.2, 0.25) is 0 Å². The molecule has 0 bridgehead atoms. The zero-order valence-corrected chi connectivity index (χ0v) is 21.2. The van der Waals surface area contributed by atoms with Gasteiger partial charge in [-0.25, -0.2) is 15.0 Å². The third-order valence-corrected chi connectivity index (χ3v) is 7.94. The van der Waals surface area contributed by atoms with Crippen molar-refractivity contribution in [1.29, 1.82) is 0 Å². The Morgan fingerprint density at radius 3 is 2.76 bits per heavy atom. The number of hydrogen-bond donors (Lipinski definition) is 2. The molecule has 37 heavy (non-hydrogen) atoms. The molecule has 0 aliphatic carbocycles. The smallest absolute Gasteiger partial charge is 0.156 e. The normalized spacial score (nSPS) is 19.2. The molecule has 2 saturated heterocycles. The quantitative estimate of drug-likeness (QED) is 0.389. The first-order valence-electron chi connectivity index (χ1n) is 13.3. The minimum atomic E-state index is 0.441. The number of nitrogens with one attached hydrogen (secondary N) is 2. The first kappa shape index (κ1) is 22.4. The second-order valence-electron chi connectivity index (χ2n) is 10.4. The Morgan fingerprint density at radius 2 is 1.89 bits per heavy atom. The Morgan fingerprint density at radius 1 is 0.973 bits per heavy atom. The second-order valence-corrected chi connectivity index (χ2v) is 10.4. The van der Waals surface area contributed by atoms with Gasteiger partial charge < -0.3 is 24.7 Å². The van der Waals surface area contributed by atoms with E-state index >= 15 is 0 Å². The Bertz CT molecular complexity index is 1550. The van der Waals surface area contributed by atoms with Crippen molar-refractivity contribution >= 4 is 27.9 Å². The van der Waals surface area contributed by atoms with Gasteiger partial charge in [-0.05, 0) is 56.3 Å². The van der Waals surface area contributed by atoms with Gasteiger partial charge in [0.15, 0.2) is 5.65 Å². The fraction of sp³-hybridized carbons (Fsp3) is 0.345. The summed E-state index contributed by atoms with van der Waals surface area (Å²) in [4.78, 5) is 22.7. The van der Waals surface area contributed by atoms with Crippen LogP contribution in [0.5, 0.6) is 0 Å². The van der Waals surface area contributed by atoms with Crippen LogP contribution in [0, 0.1) is 0 Å². The van der Waals surface area contributed by atoms with Crippen molar-refractivity contribution in [1.82, 2.24) is 34.7 Å².